The Labute approximate surface area is 190 Å². The van der Waals surface area contributed by atoms with Gasteiger partial charge in [0, 0.05) is 49.4 Å². The maximum atomic E-state index is 13.0. The Morgan fingerprint density at radius 3 is 2.61 bits per heavy atom. The number of hydrogen-bond donors (Lipinski definition) is 0. The zero-order chi connectivity index (χ0) is 23.4. The Bertz CT molecular complexity index is 1170. The Hall–Kier alpha value is -4.21. The Morgan fingerprint density at radius 1 is 1.09 bits per heavy atom. The molecule has 0 N–H and O–H groups in total. The molecule has 1 amide bonds. The van der Waals surface area contributed by atoms with Crippen molar-refractivity contribution in [3.05, 3.63) is 76.6 Å². The molecule has 0 aliphatic carbocycles. The van der Waals surface area contributed by atoms with Gasteiger partial charge in [-0.05, 0) is 25.1 Å². The van der Waals surface area contributed by atoms with Crippen LogP contribution in [0.15, 0.2) is 60.9 Å². The van der Waals surface area contributed by atoms with Gasteiger partial charge in [-0.25, -0.2) is 9.97 Å². The lowest BCUT2D eigenvalue weighted by Gasteiger charge is -2.40. The van der Waals surface area contributed by atoms with Crippen molar-refractivity contribution >= 4 is 17.4 Å². The quantitative estimate of drug-likeness (QED) is 0.415. The van der Waals surface area contributed by atoms with Gasteiger partial charge < -0.3 is 19.3 Å². The molecule has 4 rings (SSSR count). The number of non-ortho nitro benzene ring substituents is 1. The summed E-state index contributed by atoms with van der Waals surface area (Å²) >= 11 is 0. The highest BCUT2D eigenvalue weighted by atomic mass is 16.6. The van der Waals surface area contributed by atoms with Crippen LogP contribution in [0.1, 0.15) is 17.3 Å². The predicted octanol–water partition coefficient (Wildman–Crippen LogP) is 3.54. The van der Waals surface area contributed by atoms with Gasteiger partial charge in [-0.3, -0.25) is 14.9 Å². The lowest BCUT2D eigenvalue weighted by molar-refractivity contribution is -0.384. The molecule has 2 heterocycles. The van der Waals surface area contributed by atoms with Crippen molar-refractivity contribution in [3.63, 3.8) is 0 Å². The maximum Gasteiger partial charge on any atom is 0.270 e. The number of amides is 1. The molecule has 1 unspecified atom stereocenters. The first-order valence-electron chi connectivity index (χ1n) is 10.4. The molecule has 170 valence electrons. The van der Waals surface area contributed by atoms with E-state index in [2.05, 4.69) is 14.9 Å². The van der Waals surface area contributed by atoms with E-state index in [9.17, 15) is 14.9 Å². The molecule has 1 fully saturated rings. The van der Waals surface area contributed by atoms with E-state index in [0.29, 0.717) is 48.4 Å². The van der Waals surface area contributed by atoms with Crippen LogP contribution in [-0.2, 0) is 0 Å². The molecule has 1 aliphatic heterocycles. The fraction of sp³-hybridized carbons (Fsp3) is 0.261. The van der Waals surface area contributed by atoms with Crippen LogP contribution in [0.2, 0.25) is 0 Å². The van der Waals surface area contributed by atoms with Crippen LogP contribution in [0.5, 0.6) is 17.4 Å². The number of nitro benzene ring substituents is 1. The van der Waals surface area contributed by atoms with Crippen LogP contribution in [0.3, 0.4) is 0 Å². The minimum atomic E-state index is -0.502. The molecule has 3 aromatic rings. The van der Waals surface area contributed by atoms with E-state index in [-0.39, 0.29) is 17.6 Å². The van der Waals surface area contributed by atoms with Crippen LogP contribution in [0.4, 0.5) is 11.5 Å². The summed E-state index contributed by atoms with van der Waals surface area (Å²) in [7, 11) is 1.57. The van der Waals surface area contributed by atoms with E-state index in [1.54, 1.807) is 36.3 Å². The lowest BCUT2D eigenvalue weighted by atomic mass is 10.1. The number of piperazine rings is 1. The average Bonchev–Trinajstić information content (AvgIpc) is 2.84. The number of rotatable bonds is 6. The van der Waals surface area contributed by atoms with Crippen molar-refractivity contribution in [2.45, 2.75) is 13.0 Å². The van der Waals surface area contributed by atoms with E-state index in [4.69, 9.17) is 9.47 Å². The largest absolute Gasteiger partial charge is 0.493 e. The molecule has 1 atom stereocenters. The Morgan fingerprint density at radius 2 is 1.88 bits per heavy atom. The van der Waals surface area contributed by atoms with Gasteiger partial charge in [-0.15, -0.1) is 0 Å². The summed E-state index contributed by atoms with van der Waals surface area (Å²) in [6.45, 7) is 3.49. The summed E-state index contributed by atoms with van der Waals surface area (Å²) in [6, 6.07) is 14.7. The van der Waals surface area contributed by atoms with Crippen LogP contribution < -0.4 is 14.4 Å². The van der Waals surface area contributed by atoms with Gasteiger partial charge in [0.05, 0.1) is 12.0 Å². The predicted molar refractivity (Wildman–Crippen MR) is 121 cm³/mol. The number of methoxy groups -OCH3 is 1. The smallest absolute Gasteiger partial charge is 0.270 e. The van der Waals surface area contributed by atoms with Crippen LogP contribution in [0, 0.1) is 10.1 Å². The number of carbonyl (C=O) groups excluding carboxylic acids is 1. The Kier molecular flexibility index (Phi) is 6.34. The number of carbonyl (C=O) groups is 1. The van der Waals surface area contributed by atoms with Gasteiger partial charge in [0.1, 0.15) is 12.1 Å². The molecule has 0 radical (unpaired) electrons. The average molecular weight is 449 g/mol. The second kappa shape index (κ2) is 9.51. The summed E-state index contributed by atoms with van der Waals surface area (Å²) in [6.07, 6.45) is 1.44. The van der Waals surface area contributed by atoms with E-state index in [1.807, 2.05) is 19.1 Å². The number of aromatic nitrogens is 2. The minimum Gasteiger partial charge on any atom is -0.493 e. The number of ether oxygens (including phenoxy) is 2. The number of para-hydroxylation sites is 2. The fourth-order valence-electron chi connectivity index (χ4n) is 3.76. The SMILES string of the molecule is COc1ccccc1Oc1cc(N2CCN(C(=O)c3cccc([N+](=O)[O-])c3)C(C)C2)ncn1. The molecular weight excluding hydrogens is 426 g/mol. The molecule has 0 spiro atoms. The second-order valence-electron chi connectivity index (χ2n) is 7.57. The van der Waals surface area contributed by atoms with Gasteiger partial charge in [0.25, 0.3) is 11.6 Å². The molecule has 10 heteroatoms. The molecular formula is C23H23N5O5. The third kappa shape index (κ3) is 4.84. The van der Waals surface area contributed by atoms with E-state index < -0.39 is 4.92 Å². The normalized spacial score (nSPS) is 15.8. The molecule has 2 aromatic carbocycles. The first-order chi connectivity index (χ1) is 16.0. The Balaban J connectivity index is 1.46. The first-order valence-corrected chi connectivity index (χ1v) is 10.4. The lowest BCUT2D eigenvalue weighted by Crippen LogP contribution is -2.54. The van der Waals surface area contributed by atoms with Crippen LogP contribution in [-0.4, -0.2) is 58.5 Å². The summed E-state index contributed by atoms with van der Waals surface area (Å²) in [5, 5.41) is 11.0. The van der Waals surface area contributed by atoms with E-state index >= 15 is 0 Å². The molecule has 10 nitrogen and oxygen atoms in total. The van der Waals surface area contributed by atoms with Crippen LogP contribution >= 0.6 is 0 Å². The third-order valence-corrected chi connectivity index (χ3v) is 5.43. The summed E-state index contributed by atoms with van der Waals surface area (Å²) in [4.78, 5) is 35.9. The van der Waals surface area contributed by atoms with Crippen molar-refractivity contribution in [2.24, 2.45) is 0 Å². The number of hydrogen-bond acceptors (Lipinski definition) is 8. The number of nitro groups is 1. The van der Waals surface area contributed by atoms with E-state index in [0.717, 1.165) is 0 Å². The zero-order valence-electron chi connectivity index (χ0n) is 18.2. The summed E-state index contributed by atoms with van der Waals surface area (Å²) < 4.78 is 11.2. The van der Waals surface area contributed by atoms with Gasteiger partial charge >= 0.3 is 0 Å². The van der Waals surface area contributed by atoms with Crippen molar-refractivity contribution in [2.75, 3.05) is 31.6 Å². The van der Waals surface area contributed by atoms with Gasteiger partial charge in [0.15, 0.2) is 11.5 Å². The van der Waals surface area contributed by atoms with E-state index in [1.165, 1.54) is 24.5 Å². The number of nitrogens with zero attached hydrogens (tertiary/aromatic N) is 5. The summed E-state index contributed by atoms with van der Waals surface area (Å²) in [5.74, 6) is 1.98. The monoisotopic (exact) mass is 449 g/mol. The maximum absolute atomic E-state index is 13.0. The molecule has 1 saturated heterocycles. The highest BCUT2D eigenvalue weighted by molar-refractivity contribution is 5.95. The highest BCUT2D eigenvalue weighted by Crippen LogP contribution is 2.31. The zero-order valence-corrected chi connectivity index (χ0v) is 18.2. The fourth-order valence-corrected chi connectivity index (χ4v) is 3.76. The second-order valence-corrected chi connectivity index (χ2v) is 7.57. The highest BCUT2D eigenvalue weighted by Gasteiger charge is 2.29. The summed E-state index contributed by atoms with van der Waals surface area (Å²) in [5.41, 5.74) is 0.203. The molecule has 0 bridgehead atoms. The number of benzene rings is 2. The van der Waals surface area contributed by atoms with Crippen molar-refractivity contribution < 1.29 is 19.2 Å². The van der Waals surface area contributed by atoms with Crippen LogP contribution in [0.25, 0.3) is 0 Å². The molecule has 1 aromatic heterocycles. The van der Waals surface area contributed by atoms with Crippen molar-refractivity contribution in [3.8, 4) is 17.4 Å². The van der Waals surface area contributed by atoms with Crippen molar-refractivity contribution in [1.82, 2.24) is 14.9 Å². The minimum absolute atomic E-state index is 0.101. The van der Waals surface area contributed by atoms with Gasteiger partial charge in [-0.2, -0.15) is 0 Å². The van der Waals surface area contributed by atoms with Gasteiger partial charge in [0.2, 0.25) is 5.88 Å². The third-order valence-electron chi connectivity index (χ3n) is 5.43. The van der Waals surface area contributed by atoms with Crippen molar-refractivity contribution in [1.29, 1.82) is 0 Å². The standard InChI is InChI=1S/C23H23N5O5/c1-16-14-26(10-11-27(16)23(29)17-6-5-7-18(12-17)28(30)31)21-13-22(25-15-24-21)33-20-9-4-3-8-19(20)32-2/h3-9,12-13,15-16H,10-11,14H2,1-2H3. The number of anilines is 1. The topological polar surface area (TPSA) is 111 Å². The molecule has 0 saturated carbocycles. The first kappa shape index (κ1) is 22.0. The van der Waals surface area contributed by atoms with Gasteiger partial charge in [-0.1, -0.05) is 18.2 Å². The molecule has 1 aliphatic rings. The molecule has 33 heavy (non-hydrogen) atoms.